The van der Waals surface area contributed by atoms with Crippen molar-refractivity contribution in [3.63, 3.8) is 0 Å². The molecule has 1 aromatic carbocycles. The number of halogens is 2. The lowest BCUT2D eigenvalue weighted by atomic mass is 10.3. The van der Waals surface area contributed by atoms with E-state index in [2.05, 4.69) is 53.8 Å². The van der Waals surface area contributed by atoms with Gasteiger partial charge in [-0.2, -0.15) is 0 Å². The Labute approximate surface area is 124 Å². The first-order valence-corrected chi connectivity index (χ1v) is 6.74. The number of carbonyl (C=O) groups is 1. The second kappa shape index (κ2) is 5.61. The first-order valence-electron chi connectivity index (χ1n) is 4.87. The van der Waals surface area contributed by atoms with Crippen LogP contribution in [0.5, 0.6) is 0 Å². The van der Waals surface area contributed by atoms with E-state index in [1.807, 2.05) is 6.07 Å². The molecule has 0 aliphatic rings. The summed E-state index contributed by atoms with van der Waals surface area (Å²) in [5, 5.41) is 2.69. The maximum absolute atomic E-state index is 11.8. The van der Waals surface area contributed by atoms with Crippen LogP contribution in [0.4, 0.5) is 5.69 Å². The highest BCUT2D eigenvalue weighted by atomic mass is 127. The molecule has 2 N–H and O–H groups in total. The summed E-state index contributed by atoms with van der Waals surface area (Å²) in [7, 11) is 0. The fraction of sp³-hybridized carbons (Fsp3) is 0. The summed E-state index contributed by atoms with van der Waals surface area (Å²) in [6.45, 7) is 0. The number of nitrogens with zero attached hydrogens (tertiary/aromatic N) is 1. The summed E-state index contributed by atoms with van der Waals surface area (Å²) in [6, 6.07) is 5.46. The summed E-state index contributed by atoms with van der Waals surface area (Å²) >= 11 is 5.56. The van der Waals surface area contributed by atoms with Gasteiger partial charge in [0.1, 0.15) is 5.69 Å². The fourth-order valence-corrected chi connectivity index (χ4v) is 1.95. The summed E-state index contributed by atoms with van der Waals surface area (Å²) in [5.74, 6) is -0.376. The van der Waals surface area contributed by atoms with Gasteiger partial charge in [-0.25, -0.2) is 4.98 Å². The maximum atomic E-state index is 11.8. The Morgan fingerprint density at radius 1 is 1.44 bits per heavy atom. The van der Waals surface area contributed by atoms with E-state index >= 15 is 0 Å². The molecule has 5 nitrogen and oxygen atoms in total. The molecule has 1 amide bonds. The molecule has 18 heavy (non-hydrogen) atoms. The molecule has 0 saturated heterocycles. The third kappa shape index (κ3) is 3.16. The predicted molar refractivity (Wildman–Crippen MR) is 79.7 cm³/mol. The van der Waals surface area contributed by atoms with Gasteiger partial charge in [0.2, 0.25) is 0 Å². The van der Waals surface area contributed by atoms with Gasteiger partial charge in [-0.15, -0.1) is 0 Å². The van der Waals surface area contributed by atoms with Crippen LogP contribution in [0.1, 0.15) is 10.5 Å². The quantitative estimate of drug-likeness (QED) is 0.734. The van der Waals surface area contributed by atoms with E-state index < -0.39 is 0 Å². The van der Waals surface area contributed by atoms with Gasteiger partial charge in [0, 0.05) is 19.9 Å². The van der Waals surface area contributed by atoms with Crippen molar-refractivity contribution in [2.45, 2.75) is 0 Å². The topological polar surface area (TPSA) is 74.8 Å². The van der Waals surface area contributed by atoms with Crippen molar-refractivity contribution in [3.05, 3.63) is 54.7 Å². The van der Waals surface area contributed by atoms with Crippen LogP contribution >= 0.6 is 38.5 Å². The molecule has 0 radical (unpaired) electrons. The normalized spacial score (nSPS) is 10.1. The number of hydrogen-bond acceptors (Lipinski definition) is 3. The molecular formula is C11H7BrIN3O2. The molecule has 1 heterocycles. The Morgan fingerprint density at radius 2 is 2.22 bits per heavy atom. The summed E-state index contributed by atoms with van der Waals surface area (Å²) in [6.07, 6.45) is 2.35. The lowest BCUT2D eigenvalue weighted by molar-refractivity contribution is 0.102. The second-order valence-electron chi connectivity index (χ2n) is 3.38. The molecule has 2 rings (SSSR count). The molecule has 0 aliphatic carbocycles. The molecule has 7 heteroatoms. The van der Waals surface area contributed by atoms with Gasteiger partial charge in [0.25, 0.3) is 11.5 Å². The Morgan fingerprint density at radius 3 is 2.83 bits per heavy atom. The van der Waals surface area contributed by atoms with Crippen molar-refractivity contribution in [1.29, 1.82) is 0 Å². The highest BCUT2D eigenvalue weighted by molar-refractivity contribution is 14.1. The predicted octanol–water partition coefficient (Wildman–Crippen LogP) is 2.39. The summed E-state index contributed by atoms with van der Waals surface area (Å²) < 4.78 is 1.95. The molecule has 92 valence electrons. The minimum Gasteiger partial charge on any atom is -0.325 e. The van der Waals surface area contributed by atoms with Gasteiger partial charge in [-0.1, -0.05) is 0 Å². The summed E-state index contributed by atoms with van der Waals surface area (Å²) in [4.78, 5) is 28.8. The number of nitrogens with one attached hydrogen (secondary N) is 2. The minimum absolute atomic E-state index is 0.157. The average Bonchev–Trinajstić information content (AvgIpc) is 2.34. The largest absolute Gasteiger partial charge is 0.325 e. The van der Waals surface area contributed by atoms with Crippen LogP contribution in [0, 0.1) is 3.57 Å². The highest BCUT2D eigenvalue weighted by Gasteiger charge is 2.08. The van der Waals surface area contributed by atoms with E-state index in [4.69, 9.17) is 0 Å². The van der Waals surface area contributed by atoms with Gasteiger partial charge >= 0.3 is 0 Å². The number of benzene rings is 1. The van der Waals surface area contributed by atoms with Crippen LogP contribution in [-0.4, -0.2) is 15.9 Å². The minimum atomic E-state index is -0.376. The average molecular weight is 420 g/mol. The standard InChI is InChI=1S/C11H7BrIN3O2/c12-7-3-6(1-2-8(7)13)16-11(18)9-4-15-10(17)5-14-9/h1-5H,(H,15,17)(H,16,18). The van der Waals surface area contributed by atoms with Gasteiger partial charge in [0.05, 0.1) is 6.20 Å². The van der Waals surface area contributed by atoms with Gasteiger partial charge < -0.3 is 10.3 Å². The van der Waals surface area contributed by atoms with Crippen LogP contribution in [0.3, 0.4) is 0 Å². The highest BCUT2D eigenvalue weighted by Crippen LogP contribution is 2.23. The van der Waals surface area contributed by atoms with Crippen LogP contribution in [-0.2, 0) is 0 Å². The van der Waals surface area contributed by atoms with E-state index in [1.165, 1.54) is 6.20 Å². The Hall–Kier alpha value is -1.22. The zero-order valence-electron chi connectivity index (χ0n) is 8.91. The maximum Gasteiger partial charge on any atom is 0.275 e. The third-order valence-corrected chi connectivity index (χ3v) is 4.42. The van der Waals surface area contributed by atoms with Crippen molar-refractivity contribution >= 4 is 50.1 Å². The lowest BCUT2D eigenvalue weighted by Crippen LogP contribution is -2.16. The number of H-pyrrole nitrogens is 1. The number of aromatic amines is 1. The van der Waals surface area contributed by atoms with Crippen LogP contribution in [0.2, 0.25) is 0 Å². The Bertz CT molecular complexity index is 636. The zero-order valence-corrected chi connectivity index (χ0v) is 12.6. The molecule has 0 atom stereocenters. The number of hydrogen-bond donors (Lipinski definition) is 2. The smallest absolute Gasteiger partial charge is 0.275 e. The van der Waals surface area contributed by atoms with Crippen LogP contribution in [0.15, 0.2) is 39.9 Å². The molecule has 0 spiro atoms. The molecule has 0 bridgehead atoms. The first-order chi connectivity index (χ1) is 8.56. The molecule has 0 aliphatic heterocycles. The van der Waals surface area contributed by atoms with Crippen molar-refractivity contribution in [2.75, 3.05) is 5.32 Å². The van der Waals surface area contributed by atoms with Gasteiger partial charge in [-0.05, 0) is 56.7 Å². The number of rotatable bonds is 2. The van der Waals surface area contributed by atoms with E-state index in [-0.39, 0.29) is 17.2 Å². The Balaban J connectivity index is 2.18. The van der Waals surface area contributed by atoms with Crippen molar-refractivity contribution < 1.29 is 4.79 Å². The zero-order chi connectivity index (χ0) is 13.1. The van der Waals surface area contributed by atoms with Gasteiger partial charge in [-0.3, -0.25) is 9.59 Å². The molecule has 0 unspecified atom stereocenters. The van der Waals surface area contributed by atoms with Gasteiger partial charge in [0.15, 0.2) is 0 Å². The second-order valence-corrected chi connectivity index (χ2v) is 5.40. The number of carbonyl (C=O) groups excluding carboxylic acids is 1. The fourth-order valence-electron chi connectivity index (χ4n) is 1.24. The SMILES string of the molecule is O=C(Nc1ccc(I)c(Br)c1)c1c[nH]c(=O)cn1. The van der Waals surface area contributed by atoms with E-state index in [9.17, 15) is 9.59 Å². The Kier molecular flexibility index (Phi) is 4.12. The number of anilines is 1. The molecule has 0 saturated carbocycles. The van der Waals surface area contributed by atoms with Crippen LogP contribution in [0.25, 0.3) is 0 Å². The van der Waals surface area contributed by atoms with E-state index in [0.717, 1.165) is 14.2 Å². The first kappa shape index (κ1) is 13.2. The van der Waals surface area contributed by atoms with Crippen LogP contribution < -0.4 is 10.9 Å². The number of aromatic nitrogens is 2. The number of amides is 1. The summed E-state index contributed by atoms with van der Waals surface area (Å²) in [5.41, 5.74) is 0.466. The van der Waals surface area contributed by atoms with Crippen molar-refractivity contribution in [3.8, 4) is 0 Å². The molecule has 1 aromatic heterocycles. The monoisotopic (exact) mass is 419 g/mol. The van der Waals surface area contributed by atoms with Crippen molar-refractivity contribution in [2.24, 2.45) is 0 Å². The third-order valence-electron chi connectivity index (χ3n) is 2.08. The van der Waals surface area contributed by atoms with E-state index in [0.29, 0.717) is 5.69 Å². The van der Waals surface area contributed by atoms with E-state index in [1.54, 1.807) is 12.1 Å². The van der Waals surface area contributed by atoms with Crippen molar-refractivity contribution in [1.82, 2.24) is 9.97 Å². The molecule has 2 aromatic rings. The molecular weight excluding hydrogens is 413 g/mol. The lowest BCUT2D eigenvalue weighted by Gasteiger charge is -2.05. The molecule has 0 fully saturated rings.